The van der Waals surface area contributed by atoms with E-state index in [9.17, 15) is 4.79 Å². The minimum absolute atomic E-state index is 0. The van der Waals surface area contributed by atoms with E-state index in [-0.39, 0.29) is 25.1 Å². The van der Waals surface area contributed by atoms with E-state index in [1.807, 2.05) is 43.4 Å². The fourth-order valence-corrected chi connectivity index (χ4v) is 3.03. The molecule has 24 heavy (non-hydrogen) atoms. The van der Waals surface area contributed by atoms with Crippen molar-refractivity contribution in [2.45, 2.75) is 19.6 Å². The summed E-state index contributed by atoms with van der Waals surface area (Å²) in [6.07, 6.45) is 0. The molecule has 2 aromatic carbocycles. The van der Waals surface area contributed by atoms with Crippen LogP contribution in [0.1, 0.15) is 27.0 Å². The first kappa shape index (κ1) is 16.6. The molecule has 1 N–H and O–H groups in total. The summed E-state index contributed by atoms with van der Waals surface area (Å²) in [7, 11) is 1.82. The van der Waals surface area contributed by atoms with Gasteiger partial charge >= 0.3 is 0 Å². The van der Waals surface area contributed by atoms with Crippen LogP contribution in [-0.4, -0.2) is 24.6 Å². The molecule has 0 fully saturated rings. The van der Waals surface area contributed by atoms with Gasteiger partial charge in [0.2, 0.25) is 6.79 Å². The number of rotatable bonds is 3. The summed E-state index contributed by atoms with van der Waals surface area (Å²) in [5, 5.41) is 3.30. The van der Waals surface area contributed by atoms with Crippen LogP contribution in [0.3, 0.4) is 0 Å². The lowest BCUT2D eigenvalue weighted by atomic mass is 10.1. The van der Waals surface area contributed by atoms with Gasteiger partial charge in [0.1, 0.15) is 0 Å². The van der Waals surface area contributed by atoms with Crippen LogP contribution >= 0.6 is 12.4 Å². The fraction of sp³-hybridized carbons (Fsp3) is 0.278. The van der Waals surface area contributed by atoms with E-state index in [1.54, 1.807) is 4.90 Å². The van der Waals surface area contributed by atoms with E-state index in [0.717, 1.165) is 35.7 Å². The minimum Gasteiger partial charge on any atom is -0.454 e. The van der Waals surface area contributed by atoms with Gasteiger partial charge in [-0.3, -0.25) is 4.79 Å². The first-order valence-corrected chi connectivity index (χ1v) is 7.67. The van der Waals surface area contributed by atoms with E-state index in [2.05, 4.69) is 5.32 Å². The van der Waals surface area contributed by atoms with E-state index < -0.39 is 0 Å². The predicted octanol–water partition coefficient (Wildman–Crippen LogP) is 2.71. The second kappa shape index (κ2) is 6.71. The van der Waals surface area contributed by atoms with Crippen LogP contribution in [0.5, 0.6) is 11.5 Å². The lowest BCUT2D eigenvalue weighted by molar-refractivity contribution is 0.0785. The second-order valence-electron chi connectivity index (χ2n) is 5.94. The third-order valence-electron chi connectivity index (χ3n) is 4.29. The zero-order chi connectivity index (χ0) is 15.8. The van der Waals surface area contributed by atoms with Crippen molar-refractivity contribution >= 4 is 18.3 Å². The number of benzene rings is 2. The van der Waals surface area contributed by atoms with Crippen molar-refractivity contribution in [2.75, 3.05) is 13.8 Å². The molecule has 4 rings (SSSR count). The number of halogens is 1. The molecule has 0 aliphatic carbocycles. The van der Waals surface area contributed by atoms with E-state index in [1.165, 1.54) is 11.1 Å². The van der Waals surface area contributed by atoms with Crippen LogP contribution in [0.15, 0.2) is 36.4 Å². The van der Waals surface area contributed by atoms with E-state index in [4.69, 9.17) is 9.47 Å². The maximum Gasteiger partial charge on any atom is 0.253 e. The lowest BCUT2D eigenvalue weighted by Crippen LogP contribution is -2.26. The molecular formula is C18H19ClN2O3. The first-order valence-electron chi connectivity index (χ1n) is 7.67. The van der Waals surface area contributed by atoms with Crippen molar-refractivity contribution in [1.29, 1.82) is 0 Å². The number of nitrogens with one attached hydrogen (secondary N) is 1. The second-order valence-corrected chi connectivity index (χ2v) is 5.94. The van der Waals surface area contributed by atoms with Gasteiger partial charge in [0.05, 0.1) is 0 Å². The number of amides is 1. The Morgan fingerprint density at radius 3 is 2.75 bits per heavy atom. The predicted molar refractivity (Wildman–Crippen MR) is 92.6 cm³/mol. The van der Waals surface area contributed by atoms with Crippen LogP contribution < -0.4 is 14.8 Å². The maximum atomic E-state index is 12.6. The Hall–Kier alpha value is -2.24. The van der Waals surface area contributed by atoms with Crippen molar-refractivity contribution in [3.63, 3.8) is 0 Å². The van der Waals surface area contributed by atoms with E-state index >= 15 is 0 Å². The van der Waals surface area contributed by atoms with Gasteiger partial charge < -0.3 is 19.7 Å². The molecule has 2 heterocycles. The third kappa shape index (κ3) is 3.05. The molecule has 0 atom stereocenters. The Balaban J connectivity index is 0.00000169. The highest BCUT2D eigenvalue weighted by Gasteiger charge is 2.18. The molecule has 6 heteroatoms. The van der Waals surface area contributed by atoms with Crippen LogP contribution in [0.2, 0.25) is 0 Å². The summed E-state index contributed by atoms with van der Waals surface area (Å²) in [6.45, 7) is 2.51. The van der Waals surface area contributed by atoms with Crippen LogP contribution in [0.25, 0.3) is 0 Å². The summed E-state index contributed by atoms with van der Waals surface area (Å²) in [5.41, 5.74) is 4.25. The van der Waals surface area contributed by atoms with Crippen molar-refractivity contribution in [3.05, 3.63) is 58.7 Å². The molecule has 0 saturated carbocycles. The minimum atomic E-state index is 0. The number of ether oxygens (including phenoxy) is 2. The molecular weight excluding hydrogens is 328 g/mol. The standard InChI is InChI=1S/C18H18N2O3.ClH/c1-20(10-12-2-5-16-17(6-12)23-11-22-16)18(21)13-3-4-14-8-19-9-15(14)7-13;/h2-7,19H,8-11H2,1H3;1H. The Bertz CT molecular complexity index is 779. The molecule has 2 aromatic rings. The Kier molecular flexibility index (Phi) is 4.64. The Morgan fingerprint density at radius 2 is 1.88 bits per heavy atom. The van der Waals surface area contributed by atoms with Crippen molar-refractivity contribution in [3.8, 4) is 11.5 Å². The molecule has 0 bridgehead atoms. The summed E-state index contributed by atoms with van der Waals surface area (Å²) in [4.78, 5) is 14.4. The van der Waals surface area contributed by atoms with Gasteiger partial charge in [-0.05, 0) is 41.0 Å². The lowest BCUT2D eigenvalue weighted by Gasteiger charge is -2.18. The van der Waals surface area contributed by atoms with E-state index in [0.29, 0.717) is 6.54 Å². The molecule has 0 radical (unpaired) electrons. The number of hydrogen-bond acceptors (Lipinski definition) is 4. The van der Waals surface area contributed by atoms with Gasteiger partial charge in [0.15, 0.2) is 11.5 Å². The van der Waals surface area contributed by atoms with Crippen molar-refractivity contribution in [1.82, 2.24) is 10.2 Å². The summed E-state index contributed by atoms with van der Waals surface area (Å²) in [6, 6.07) is 11.7. The topological polar surface area (TPSA) is 50.8 Å². The SMILES string of the molecule is CN(Cc1ccc2c(c1)OCO2)C(=O)c1ccc2c(c1)CNC2.Cl. The highest BCUT2D eigenvalue weighted by atomic mass is 35.5. The average molecular weight is 347 g/mol. The van der Waals surface area contributed by atoms with Crippen molar-refractivity contribution in [2.24, 2.45) is 0 Å². The summed E-state index contributed by atoms with van der Waals surface area (Å²) in [5.74, 6) is 1.53. The molecule has 0 aromatic heterocycles. The summed E-state index contributed by atoms with van der Waals surface area (Å²) < 4.78 is 10.7. The number of carbonyl (C=O) groups excluding carboxylic acids is 1. The number of fused-ring (bicyclic) bond motifs is 2. The zero-order valence-electron chi connectivity index (χ0n) is 13.4. The molecule has 126 valence electrons. The van der Waals surface area contributed by atoms with Crippen LogP contribution in [-0.2, 0) is 19.6 Å². The van der Waals surface area contributed by atoms with Crippen molar-refractivity contribution < 1.29 is 14.3 Å². The molecule has 2 aliphatic heterocycles. The molecule has 2 aliphatic rings. The Morgan fingerprint density at radius 1 is 1.08 bits per heavy atom. The van der Waals surface area contributed by atoms with Crippen LogP contribution in [0.4, 0.5) is 0 Å². The fourth-order valence-electron chi connectivity index (χ4n) is 3.03. The zero-order valence-corrected chi connectivity index (χ0v) is 14.2. The number of carbonyl (C=O) groups is 1. The average Bonchev–Trinajstić information content (AvgIpc) is 3.21. The normalized spacial score (nSPS) is 14.0. The highest BCUT2D eigenvalue weighted by molar-refractivity contribution is 5.94. The van der Waals surface area contributed by atoms with Gasteiger partial charge in [-0.25, -0.2) is 0 Å². The quantitative estimate of drug-likeness (QED) is 0.928. The maximum absolute atomic E-state index is 12.6. The Labute approximate surface area is 147 Å². The third-order valence-corrected chi connectivity index (χ3v) is 4.29. The number of nitrogens with zero attached hydrogens (tertiary/aromatic N) is 1. The monoisotopic (exact) mass is 346 g/mol. The molecule has 0 saturated heterocycles. The van der Waals surface area contributed by atoms with Gasteiger partial charge in [0, 0.05) is 32.2 Å². The molecule has 5 nitrogen and oxygen atoms in total. The first-order chi connectivity index (χ1) is 11.2. The molecule has 0 spiro atoms. The number of hydrogen-bond donors (Lipinski definition) is 1. The smallest absolute Gasteiger partial charge is 0.253 e. The van der Waals surface area contributed by atoms with Gasteiger partial charge in [0.25, 0.3) is 5.91 Å². The van der Waals surface area contributed by atoms with Gasteiger partial charge in [-0.1, -0.05) is 12.1 Å². The molecule has 1 amide bonds. The van der Waals surface area contributed by atoms with Gasteiger partial charge in [-0.2, -0.15) is 0 Å². The van der Waals surface area contributed by atoms with Crippen LogP contribution in [0, 0.1) is 0 Å². The summed E-state index contributed by atoms with van der Waals surface area (Å²) >= 11 is 0. The molecule has 0 unspecified atom stereocenters. The van der Waals surface area contributed by atoms with Gasteiger partial charge in [-0.15, -0.1) is 12.4 Å². The highest BCUT2D eigenvalue weighted by Crippen LogP contribution is 2.32. The largest absolute Gasteiger partial charge is 0.454 e.